The fourth-order valence-corrected chi connectivity index (χ4v) is 4.70. The molecule has 0 spiro atoms. The van der Waals surface area contributed by atoms with Crippen molar-refractivity contribution in [1.82, 2.24) is 9.55 Å². The van der Waals surface area contributed by atoms with Crippen LogP contribution < -0.4 is 4.31 Å². The number of nitrogens with zero attached hydrogens (tertiary/aromatic N) is 3. The highest BCUT2D eigenvalue weighted by Gasteiger charge is 2.23. The van der Waals surface area contributed by atoms with Crippen LogP contribution in [0.4, 0.5) is 5.69 Å². The molecule has 3 aromatic carbocycles. The van der Waals surface area contributed by atoms with E-state index in [4.69, 9.17) is 4.74 Å². The van der Waals surface area contributed by atoms with Gasteiger partial charge in [-0.2, -0.15) is 0 Å². The number of carbonyl (C=O) groups excluding carboxylic acids is 1. The van der Waals surface area contributed by atoms with Gasteiger partial charge in [-0.15, -0.1) is 0 Å². The van der Waals surface area contributed by atoms with E-state index in [1.54, 1.807) is 31.2 Å². The predicted octanol–water partition coefficient (Wildman–Crippen LogP) is 4.32. The zero-order valence-corrected chi connectivity index (χ0v) is 18.8. The summed E-state index contributed by atoms with van der Waals surface area (Å²) in [5.74, 6) is 0.0770. The molecular formula is C24H23N3O4S. The summed E-state index contributed by atoms with van der Waals surface area (Å²) in [5, 5.41) is 0. The summed E-state index contributed by atoms with van der Waals surface area (Å²) in [4.78, 5) is 17.3. The van der Waals surface area contributed by atoms with Crippen LogP contribution in [0.3, 0.4) is 0 Å². The molecule has 1 atom stereocenters. The van der Waals surface area contributed by atoms with E-state index in [0.717, 1.165) is 11.0 Å². The van der Waals surface area contributed by atoms with Crippen molar-refractivity contribution in [2.45, 2.75) is 17.9 Å². The van der Waals surface area contributed by atoms with Crippen molar-refractivity contribution in [3.8, 4) is 0 Å². The molecule has 1 heterocycles. The number of anilines is 1. The molecule has 0 aliphatic rings. The van der Waals surface area contributed by atoms with E-state index in [0.29, 0.717) is 11.5 Å². The average molecular weight is 450 g/mol. The third kappa shape index (κ3) is 3.97. The molecule has 0 saturated carbocycles. The predicted molar refractivity (Wildman–Crippen MR) is 123 cm³/mol. The van der Waals surface area contributed by atoms with Crippen molar-refractivity contribution in [3.05, 3.63) is 90.3 Å². The molecule has 0 radical (unpaired) electrons. The Morgan fingerprint density at radius 3 is 2.25 bits per heavy atom. The maximum atomic E-state index is 12.9. The number of ether oxygens (including phenoxy) is 1. The normalized spacial score (nSPS) is 12.5. The minimum atomic E-state index is -3.75. The van der Waals surface area contributed by atoms with Gasteiger partial charge in [-0.3, -0.25) is 4.31 Å². The van der Waals surface area contributed by atoms with Crippen molar-refractivity contribution >= 4 is 32.7 Å². The first-order valence-electron chi connectivity index (χ1n) is 10.1. The Hall–Kier alpha value is -3.65. The SMILES string of the molecule is C[C@H](OC(=O)c1ccc(S(=O)(=O)N(C)c2ccccc2)cc1)c1nc2ccccc2n1C. The summed E-state index contributed by atoms with van der Waals surface area (Å²) in [7, 11) is -0.389. The molecule has 32 heavy (non-hydrogen) atoms. The van der Waals surface area contributed by atoms with Gasteiger partial charge in [0.1, 0.15) is 0 Å². The van der Waals surface area contributed by atoms with Gasteiger partial charge in [-0.1, -0.05) is 30.3 Å². The summed E-state index contributed by atoms with van der Waals surface area (Å²) < 4.78 is 34.5. The third-order valence-corrected chi connectivity index (χ3v) is 7.14. The standard InChI is InChI=1S/C24H23N3O4S/c1-17(23-25-21-11-7-8-12-22(21)26(23)2)31-24(28)18-13-15-20(16-14-18)32(29,30)27(3)19-9-5-4-6-10-19/h4-17H,1-3H3/t17-/m0/s1. The Balaban J connectivity index is 1.51. The Labute approximate surface area is 186 Å². The molecule has 0 fully saturated rings. The largest absolute Gasteiger partial charge is 0.451 e. The number of imidazole rings is 1. The van der Waals surface area contributed by atoms with Gasteiger partial charge < -0.3 is 9.30 Å². The van der Waals surface area contributed by atoms with Gasteiger partial charge in [0.15, 0.2) is 11.9 Å². The van der Waals surface area contributed by atoms with Gasteiger partial charge in [0.25, 0.3) is 10.0 Å². The van der Waals surface area contributed by atoms with Crippen molar-refractivity contribution in [1.29, 1.82) is 0 Å². The fourth-order valence-electron chi connectivity index (χ4n) is 3.51. The monoisotopic (exact) mass is 449 g/mol. The van der Waals surface area contributed by atoms with Gasteiger partial charge in [0, 0.05) is 14.1 Å². The number of aromatic nitrogens is 2. The lowest BCUT2D eigenvalue weighted by atomic mass is 10.2. The van der Waals surface area contributed by atoms with Crippen LogP contribution in [0, 0.1) is 0 Å². The first kappa shape index (κ1) is 21.6. The second-order valence-corrected chi connectivity index (χ2v) is 9.37. The number of sulfonamides is 1. The molecule has 1 aromatic heterocycles. The zero-order valence-electron chi connectivity index (χ0n) is 18.0. The highest BCUT2D eigenvalue weighted by atomic mass is 32.2. The average Bonchev–Trinajstić information content (AvgIpc) is 3.16. The number of carbonyl (C=O) groups is 1. The molecule has 0 aliphatic heterocycles. The maximum Gasteiger partial charge on any atom is 0.338 e. The van der Waals surface area contributed by atoms with Crippen LogP contribution in [0.5, 0.6) is 0 Å². The molecule has 8 heteroatoms. The van der Waals surface area contributed by atoms with E-state index in [1.165, 1.54) is 35.6 Å². The summed E-state index contributed by atoms with van der Waals surface area (Å²) in [6.45, 7) is 1.76. The van der Waals surface area contributed by atoms with Crippen LogP contribution in [0.25, 0.3) is 11.0 Å². The Morgan fingerprint density at radius 1 is 0.969 bits per heavy atom. The summed E-state index contributed by atoms with van der Waals surface area (Å²) in [5.41, 5.74) is 2.58. The third-order valence-electron chi connectivity index (χ3n) is 5.34. The minimum Gasteiger partial charge on any atom is -0.451 e. The van der Waals surface area contributed by atoms with Crippen LogP contribution >= 0.6 is 0 Å². The van der Waals surface area contributed by atoms with E-state index in [9.17, 15) is 13.2 Å². The molecule has 164 valence electrons. The van der Waals surface area contributed by atoms with E-state index in [1.807, 2.05) is 41.9 Å². The summed E-state index contributed by atoms with van der Waals surface area (Å²) >= 11 is 0. The molecule has 0 bridgehead atoms. The minimum absolute atomic E-state index is 0.0869. The van der Waals surface area contributed by atoms with Crippen LogP contribution in [0.1, 0.15) is 29.2 Å². The fraction of sp³-hybridized carbons (Fsp3) is 0.167. The number of benzene rings is 3. The van der Waals surface area contributed by atoms with Crippen molar-refractivity contribution < 1.29 is 17.9 Å². The van der Waals surface area contributed by atoms with Crippen molar-refractivity contribution in [3.63, 3.8) is 0 Å². The smallest absolute Gasteiger partial charge is 0.338 e. The lowest BCUT2D eigenvalue weighted by Crippen LogP contribution is -2.26. The molecule has 4 rings (SSSR count). The lowest BCUT2D eigenvalue weighted by Gasteiger charge is -2.19. The second kappa shape index (κ2) is 8.47. The second-order valence-electron chi connectivity index (χ2n) is 7.40. The first-order chi connectivity index (χ1) is 15.3. The van der Waals surface area contributed by atoms with E-state index in [2.05, 4.69) is 4.98 Å². The number of para-hydroxylation sites is 3. The number of hydrogen-bond acceptors (Lipinski definition) is 5. The topological polar surface area (TPSA) is 81.5 Å². The summed E-state index contributed by atoms with van der Waals surface area (Å²) in [6, 6.07) is 22.2. The lowest BCUT2D eigenvalue weighted by molar-refractivity contribution is 0.0315. The van der Waals surface area contributed by atoms with E-state index < -0.39 is 22.1 Å². The van der Waals surface area contributed by atoms with Gasteiger partial charge in [0.2, 0.25) is 0 Å². The molecular weight excluding hydrogens is 426 g/mol. The Morgan fingerprint density at radius 2 is 1.59 bits per heavy atom. The van der Waals surface area contributed by atoms with Crippen LogP contribution in [-0.2, 0) is 21.8 Å². The molecule has 7 nitrogen and oxygen atoms in total. The first-order valence-corrected chi connectivity index (χ1v) is 11.5. The van der Waals surface area contributed by atoms with E-state index >= 15 is 0 Å². The van der Waals surface area contributed by atoms with Gasteiger partial charge >= 0.3 is 5.97 Å². The molecule has 0 saturated heterocycles. The molecule has 0 aliphatic carbocycles. The number of aryl methyl sites for hydroxylation is 1. The number of fused-ring (bicyclic) bond motifs is 1. The molecule has 0 unspecified atom stereocenters. The molecule has 0 amide bonds. The van der Waals surface area contributed by atoms with Crippen molar-refractivity contribution in [2.75, 3.05) is 11.4 Å². The highest BCUT2D eigenvalue weighted by molar-refractivity contribution is 7.92. The van der Waals surface area contributed by atoms with Crippen molar-refractivity contribution in [2.24, 2.45) is 7.05 Å². The zero-order chi connectivity index (χ0) is 22.9. The Kier molecular flexibility index (Phi) is 5.71. The van der Waals surface area contributed by atoms with Gasteiger partial charge in [-0.05, 0) is 55.5 Å². The number of esters is 1. The number of hydrogen-bond donors (Lipinski definition) is 0. The van der Waals surface area contributed by atoms with Crippen LogP contribution in [0.2, 0.25) is 0 Å². The molecule has 4 aromatic rings. The van der Waals surface area contributed by atoms with Gasteiger partial charge in [-0.25, -0.2) is 18.2 Å². The van der Waals surface area contributed by atoms with Crippen LogP contribution in [-0.4, -0.2) is 31.0 Å². The highest BCUT2D eigenvalue weighted by Crippen LogP contribution is 2.24. The maximum absolute atomic E-state index is 12.9. The van der Waals surface area contributed by atoms with E-state index in [-0.39, 0.29) is 10.5 Å². The number of rotatable bonds is 6. The quantitative estimate of drug-likeness (QED) is 0.410. The summed E-state index contributed by atoms with van der Waals surface area (Å²) in [6.07, 6.45) is -0.576. The Bertz CT molecular complexity index is 1360. The van der Waals surface area contributed by atoms with Gasteiger partial charge in [0.05, 0.1) is 27.2 Å². The van der Waals surface area contributed by atoms with Crippen LogP contribution in [0.15, 0.2) is 83.8 Å². The molecule has 0 N–H and O–H groups in total.